The van der Waals surface area contributed by atoms with E-state index < -0.39 is 0 Å². The zero-order valence-corrected chi connectivity index (χ0v) is 13.9. The van der Waals surface area contributed by atoms with Crippen molar-refractivity contribution in [3.63, 3.8) is 0 Å². The highest BCUT2D eigenvalue weighted by Gasteiger charge is 2.06. The van der Waals surface area contributed by atoms with Gasteiger partial charge in [-0.05, 0) is 56.5 Å². The van der Waals surface area contributed by atoms with Crippen molar-refractivity contribution < 1.29 is 4.74 Å². The summed E-state index contributed by atoms with van der Waals surface area (Å²) in [4.78, 5) is 0. The van der Waals surface area contributed by atoms with Crippen molar-refractivity contribution in [2.45, 2.75) is 45.8 Å². The molecule has 2 heteroatoms. The van der Waals surface area contributed by atoms with Crippen molar-refractivity contribution in [2.75, 3.05) is 6.54 Å². The smallest absolute Gasteiger partial charge is 0.119 e. The van der Waals surface area contributed by atoms with E-state index in [1.54, 1.807) is 0 Å². The van der Waals surface area contributed by atoms with Crippen molar-refractivity contribution in [1.29, 1.82) is 0 Å². The third-order valence-corrected chi connectivity index (χ3v) is 4.00. The molecule has 0 amide bonds. The summed E-state index contributed by atoms with van der Waals surface area (Å²) >= 11 is 0. The quantitative estimate of drug-likeness (QED) is 0.758. The van der Waals surface area contributed by atoms with Crippen LogP contribution in [0.5, 0.6) is 5.75 Å². The van der Waals surface area contributed by atoms with Crippen LogP contribution in [0.2, 0.25) is 0 Å². The van der Waals surface area contributed by atoms with Gasteiger partial charge in [0.2, 0.25) is 0 Å². The molecule has 0 saturated carbocycles. The van der Waals surface area contributed by atoms with Crippen molar-refractivity contribution >= 4 is 0 Å². The van der Waals surface area contributed by atoms with E-state index in [1.807, 2.05) is 0 Å². The summed E-state index contributed by atoms with van der Waals surface area (Å²) in [6, 6.07) is 19.4. The molecule has 0 fully saturated rings. The fourth-order valence-electron chi connectivity index (χ4n) is 2.35. The van der Waals surface area contributed by atoms with Crippen molar-refractivity contribution in [3.05, 3.63) is 65.7 Å². The van der Waals surface area contributed by atoms with Gasteiger partial charge in [0.15, 0.2) is 0 Å². The zero-order valence-electron chi connectivity index (χ0n) is 13.9. The summed E-state index contributed by atoms with van der Waals surface area (Å²) in [5, 5.41) is 3.58. The van der Waals surface area contributed by atoms with Crippen LogP contribution in [0.25, 0.3) is 0 Å². The van der Waals surface area contributed by atoms with Crippen molar-refractivity contribution in [3.8, 4) is 5.75 Å². The molecule has 1 N–H and O–H groups in total. The summed E-state index contributed by atoms with van der Waals surface area (Å²) in [6.07, 6.45) is 2.35. The molecule has 2 aromatic carbocycles. The van der Waals surface area contributed by atoms with Crippen LogP contribution in [0.1, 0.15) is 44.4 Å². The molecule has 0 aromatic heterocycles. The second-order valence-corrected chi connectivity index (χ2v) is 5.82. The van der Waals surface area contributed by atoms with E-state index in [0.717, 1.165) is 25.1 Å². The summed E-state index contributed by atoms with van der Waals surface area (Å²) in [5.74, 6) is 0.953. The van der Waals surface area contributed by atoms with Gasteiger partial charge < -0.3 is 10.1 Å². The first-order chi connectivity index (χ1) is 10.7. The first kappa shape index (κ1) is 16.6. The Bertz CT molecular complexity index is 535. The molecule has 0 aliphatic rings. The summed E-state index contributed by atoms with van der Waals surface area (Å²) in [6.45, 7) is 7.42. The molecule has 0 aliphatic carbocycles. The Hall–Kier alpha value is -1.80. The van der Waals surface area contributed by atoms with Crippen LogP contribution >= 0.6 is 0 Å². The van der Waals surface area contributed by atoms with Crippen LogP contribution < -0.4 is 10.1 Å². The van der Waals surface area contributed by atoms with Crippen LogP contribution in [-0.2, 0) is 6.42 Å². The van der Waals surface area contributed by atoms with Crippen molar-refractivity contribution in [1.82, 2.24) is 5.32 Å². The van der Waals surface area contributed by atoms with E-state index >= 15 is 0 Å². The number of rotatable bonds is 8. The summed E-state index contributed by atoms with van der Waals surface area (Å²) < 4.78 is 5.82. The zero-order chi connectivity index (χ0) is 15.8. The molecular weight excluding hydrogens is 270 g/mol. The van der Waals surface area contributed by atoms with Crippen LogP contribution in [0.15, 0.2) is 54.6 Å². The van der Waals surface area contributed by atoms with Gasteiger partial charge in [0.05, 0.1) is 6.10 Å². The Balaban J connectivity index is 1.80. The highest BCUT2D eigenvalue weighted by atomic mass is 16.5. The normalized spacial score (nSPS) is 13.6. The van der Waals surface area contributed by atoms with Gasteiger partial charge in [0.25, 0.3) is 0 Å². The Kier molecular flexibility index (Phi) is 6.47. The number of hydrogen-bond acceptors (Lipinski definition) is 2. The van der Waals surface area contributed by atoms with Crippen molar-refractivity contribution in [2.24, 2.45) is 0 Å². The molecule has 0 heterocycles. The second-order valence-electron chi connectivity index (χ2n) is 5.82. The summed E-state index contributed by atoms with van der Waals surface area (Å²) in [5.41, 5.74) is 2.67. The lowest BCUT2D eigenvalue weighted by Gasteiger charge is -2.16. The molecule has 2 atom stereocenters. The van der Waals surface area contributed by atoms with Gasteiger partial charge in [-0.25, -0.2) is 0 Å². The Morgan fingerprint density at radius 2 is 1.64 bits per heavy atom. The Labute approximate surface area is 134 Å². The SMILES string of the molecule is CCC(C)Oc1ccc(C(C)NCCc2ccccc2)cc1. The first-order valence-electron chi connectivity index (χ1n) is 8.23. The van der Waals surface area contributed by atoms with Crippen LogP contribution in [0.4, 0.5) is 0 Å². The average Bonchev–Trinajstić information content (AvgIpc) is 2.56. The standard InChI is InChI=1S/C20H27NO/c1-4-16(2)22-20-12-10-19(11-13-20)17(3)21-15-14-18-8-6-5-7-9-18/h5-13,16-17,21H,4,14-15H2,1-3H3. The van der Waals surface area contributed by atoms with Gasteiger partial charge in [-0.2, -0.15) is 0 Å². The van der Waals surface area contributed by atoms with E-state index in [0.29, 0.717) is 6.04 Å². The van der Waals surface area contributed by atoms with E-state index in [-0.39, 0.29) is 6.10 Å². The molecule has 2 nitrogen and oxygen atoms in total. The lowest BCUT2D eigenvalue weighted by atomic mass is 10.1. The second kappa shape index (κ2) is 8.60. The van der Waals surface area contributed by atoms with Gasteiger partial charge in [0.1, 0.15) is 5.75 Å². The molecule has 0 aliphatic heterocycles. The number of benzene rings is 2. The molecule has 0 spiro atoms. The largest absolute Gasteiger partial charge is 0.491 e. The third-order valence-electron chi connectivity index (χ3n) is 4.00. The maximum absolute atomic E-state index is 5.82. The van der Waals surface area contributed by atoms with Gasteiger partial charge in [-0.1, -0.05) is 49.4 Å². The molecule has 118 valence electrons. The average molecular weight is 297 g/mol. The molecule has 0 bridgehead atoms. The fourth-order valence-corrected chi connectivity index (χ4v) is 2.35. The number of ether oxygens (including phenoxy) is 1. The predicted octanol–water partition coefficient (Wildman–Crippen LogP) is 4.76. The van der Waals surface area contributed by atoms with Crippen LogP contribution in [0.3, 0.4) is 0 Å². The number of hydrogen-bond donors (Lipinski definition) is 1. The maximum Gasteiger partial charge on any atom is 0.119 e. The third kappa shape index (κ3) is 5.19. The van der Waals surface area contributed by atoms with E-state index in [1.165, 1.54) is 11.1 Å². The Morgan fingerprint density at radius 1 is 0.955 bits per heavy atom. The number of nitrogens with one attached hydrogen (secondary N) is 1. The monoisotopic (exact) mass is 297 g/mol. The minimum Gasteiger partial charge on any atom is -0.491 e. The van der Waals surface area contributed by atoms with Gasteiger partial charge in [0, 0.05) is 6.04 Å². The van der Waals surface area contributed by atoms with E-state index in [2.05, 4.69) is 80.7 Å². The topological polar surface area (TPSA) is 21.3 Å². The molecule has 22 heavy (non-hydrogen) atoms. The lowest BCUT2D eigenvalue weighted by molar-refractivity contribution is 0.217. The van der Waals surface area contributed by atoms with Gasteiger partial charge in [-0.15, -0.1) is 0 Å². The van der Waals surface area contributed by atoms with Gasteiger partial charge >= 0.3 is 0 Å². The van der Waals surface area contributed by atoms with E-state index in [4.69, 9.17) is 4.74 Å². The molecule has 2 aromatic rings. The fraction of sp³-hybridized carbons (Fsp3) is 0.400. The molecule has 0 radical (unpaired) electrons. The summed E-state index contributed by atoms with van der Waals surface area (Å²) in [7, 11) is 0. The highest BCUT2D eigenvalue weighted by molar-refractivity contribution is 5.29. The van der Waals surface area contributed by atoms with Crippen LogP contribution in [-0.4, -0.2) is 12.6 Å². The first-order valence-corrected chi connectivity index (χ1v) is 8.23. The molecular formula is C20H27NO. The maximum atomic E-state index is 5.82. The predicted molar refractivity (Wildman–Crippen MR) is 93.4 cm³/mol. The Morgan fingerprint density at radius 3 is 2.27 bits per heavy atom. The minimum absolute atomic E-state index is 0.271. The molecule has 0 saturated heterocycles. The molecule has 2 rings (SSSR count). The molecule has 2 unspecified atom stereocenters. The minimum atomic E-state index is 0.271. The van der Waals surface area contributed by atoms with E-state index in [9.17, 15) is 0 Å². The van der Waals surface area contributed by atoms with Gasteiger partial charge in [-0.3, -0.25) is 0 Å². The van der Waals surface area contributed by atoms with Crippen LogP contribution in [0, 0.1) is 0 Å². The lowest BCUT2D eigenvalue weighted by Crippen LogP contribution is -2.21. The highest BCUT2D eigenvalue weighted by Crippen LogP contribution is 2.19.